The zero-order valence-electron chi connectivity index (χ0n) is 11.2. The summed E-state index contributed by atoms with van der Waals surface area (Å²) in [5.41, 5.74) is 3.59. The summed E-state index contributed by atoms with van der Waals surface area (Å²) < 4.78 is 13.0. The fourth-order valence-electron chi connectivity index (χ4n) is 2.14. The molecule has 21 heavy (non-hydrogen) atoms. The minimum Gasteiger partial charge on any atom is -0.507 e. The molecule has 0 atom stereocenters. The fourth-order valence-corrected chi connectivity index (χ4v) is 3.05. The molecule has 110 valence electrons. The summed E-state index contributed by atoms with van der Waals surface area (Å²) in [6.07, 6.45) is 3.69. The first-order valence-corrected chi connectivity index (χ1v) is 7.47. The van der Waals surface area contributed by atoms with E-state index in [0.717, 1.165) is 32.0 Å². The van der Waals surface area contributed by atoms with Crippen LogP contribution < -0.4 is 5.43 Å². The molecule has 1 saturated heterocycles. The molecule has 1 fully saturated rings. The van der Waals surface area contributed by atoms with Crippen LogP contribution in [-0.2, 0) is 4.79 Å². The number of hydrogen-bond acceptors (Lipinski definition) is 5. The minimum absolute atomic E-state index is 0.194. The smallest absolute Gasteiger partial charge is 0.286 e. The molecule has 5 nitrogen and oxygen atoms in total. The summed E-state index contributed by atoms with van der Waals surface area (Å²) in [5.74, 6) is -1.05. The van der Waals surface area contributed by atoms with E-state index in [-0.39, 0.29) is 11.7 Å². The van der Waals surface area contributed by atoms with Gasteiger partial charge in [0.2, 0.25) is 0 Å². The van der Waals surface area contributed by atoms with Gasteiger partial charge in [0.1, 0.15) is 11.6 Å². The van der Waals surface area contributed by atoms with E-state index < -0.39 is 5.82 Å². The molecule has 0 unspecified atom stereocenters. The van der Waals surface area contributed by atoms with Crippen LogP contribution in [0.2, 0.25) is 0 Å². The van der Waals surface area contributed by atoms with Crippen molar-refractivity contribution in [3.05, 3.63) is 34.5 Å². The standard InChI is InChI=1S/C14H14FN3O2S/c15-10-4-3-9(11(19)8-10)7-12-13(20)17-14(21-12)18-6-2-1-5-16-18/h3-4,7-8,16,19H,1-2,5-6H2. The molecule has 0 saturated carbocycles. The molecule has 1 aromatic rings. The third-order valence-corrected chi connectivity index (χ3v) is 4.24. The zero-order valence-corrected chi connectivity index (χ0v) is 12.0. The molecule has 3 rings (SSSR count). The van der Waals surface area contributed by atoms with E-state index in [0.29, 0.717) is 15.6 Å². The Bertz CT molecular complexity index is 639. The first-order valence-electron chi connectivity index (χ1n) is 6.65. The highest BCUT2D eigenvalue weighted by Gasteiger charge is 2.27. The Morgan fingerprint density at radius 2 is 2.29 bits per heavy atom. The van der Waals surface area contributed by atoms with Crippen molar-refractivity contribution in [2.45, 2.75) is 12.8 Å². The average molecular weight is 307 g/mol. The highest BCUT2D eigenvalue weighted by Crippen LogP contribution is 2.32. The normalized spacial score (nSPS) is 21.0. The van der Waals surface area contributed by atoms with Gasteiger partial charge in [0.25, 0.3) is 5.91 Å². The number of amidine groups is 1. The van der Waals surface area contributed by atoms with Gasteiger partial charge in [0.15, 0.2) is 5.17 Å². The number of phenolic OH excluding ortho intramolecular Hbond substituents is 1. The second kappa shape index (κ2) is 5.87. The highest BCUT2D eigenvalue weighted by molar-refractivity contribution is 8.18. The Balaban J connectivity index is 1.79. The number of aliphatic imine (C=N–C) groups is 1. The third kappa shape index (κ3) is 3.08. The molecule has 2 N–H and O–H groups in total. The van der Waals surface area contributed by atoms with E-state index in [9.17, 15) is 14.3 Å². The second-order valence-electron chi connectivity index (χ2n) is 4.78. The molecule has 0 aliphatic carbocycles. The lowest BCUT2D eigenvalue weighted by molar-refractivity contribution is -0.113. The van der Waals surface area contributed by atoms with Gasteiger partial charge in [-0.1, -0.05) is 0 Å². The van der Waals surface area contributed by atoms with Crippen molar-refractivity contribution in [2.75, 3.05) is 13.1 Å². The lowest BCUT2D eigenvalue weighted by Gasteiger charge is -2.28. The van der Waals surface area contributed by atoms with Gasteiger partial charge in [-0.15, -0.1) is 0 Å². The topological polar surface area (TPSA) is 64.9 Å². The molecule has 1 aromatic carbocycles. The van der Waals surface area contributed by atoms with Gasteiger partial charge < -0.3 is 5.11 Å². The molecular formula is C14H14FN3O2S. The molecule has 1 amide bonds. The van der Waals surface area contributed by atoms with E-state index in [2.05, 4.69) is 10.4 Å². The van der Waals surface area contributed by atoms with Gasteiger partial charge in [0, 0.05) is 24.7 Å². The Hall–Kier alpha value is -1.86. The summed E-state index contributed by atoms with van der Waals surface area (Å²) >= 11 is 1.25. The number of hydrazine groups is 1. The average Bonchev–Trinajstić information content (AvgIpc) is 2.84. The van der Waals surface area contributed by atoms with Crippen molar-refractivity contribution in [2.24, 2.45) is 4.99 Å². The zero-order chi connectivity index (χ0) is 14.8. The van der Waals surface area contributed by atoms with Crippen molar-refractivity contribution in [1.29, 1.82) is 0 Å². The van der Waals surface area contributed by atoms with E-state index in [4.69, 9.17) is 0 Å². The van der Waals surface area contributed by atoms with Crippen LogP contribution >= 0.6 is 11.8 Å². The number of nitrogens with zero attached hydrogens (tertiary/aromatic N) is 2. The molecular weight excluding hydrogens is 293 g/mol. The van der Waals surface area contributed by atoms with Crippen LogP contribution in [0, 0.1) is 5.82 Å². The number of aromatic hydroxyl groups is 1. The predicted molar refractivity (Wildman–Crippen MR) is 80.0 cm³/mol. The van der Waals surface area contributed by atoms with Crippen LogP contribution in [-0.4, -0.2) is 34.3 Å². The maximum absolute atomic E-state index is 13.0. The quantitative estimate of drug-likeness (QED) is 0.778. The lowest BCUT2D eigenvalue weighted by atomic mass is 10.2. The van der Waals surface area contributed by atoms with Crippen LogP contribution in [0.15, 0.2) is 28.1 Å². The Morgan fingerprint density at radius 3 is 3.00 bits per heavy atom. The molecule has 0 radical (unpaired) electrons. The predicted octanol–water partition coefficient (Wildman–Crippen LogP) is 2.10. The summed E-state index contributed by atoms with van der Waals surface area (Å²) in [6, 6.07) is 3.69. The number of hydrogen-bond donors (Lipinski definition) is 2. The highest BCUT2D eigenvalue weighted by atomic mass is 32.2. The number of thioether (sulfide) groups is 1. The molecule has 7 heteroatoms. The summed E-state index contributed by atoms with van der Waals surface area (Å²) in [7, 11) is 0. The molecule has 0 spiro atoms. The lowest BCUT2D eigenvalue weighted by Crippen LogP contribution is -2.45. The van der Waals surface area contributed by atoms with E-state index in [1.54, 1.807) is 0 Å². The van der Waals surface area contributed by atoms with Crippen molar-refractivity contribution >= 4 is 28.9 Å². The number of amides is 1. The third-order valence-electron chi connectivity index (χ3n) is 3.23. The number of benzene rings is 1. The molecule has 2 heterocycles. The number of halogens is 1. The Kier molecular flexibility index (Phi) is 3.94. The summed E-state index contributed by atoms with van der Waals surface area (Å²) in [5, 5.41) is 12.2. The van der Waals surface area contributed by atoms with E-state index >= 15 is 0 Å². The molecule has 0 bridgehead atoms. The largest absolute Gasteiger partial charge is 0.507 e. The summed E-state index contributed by atoms with van der Waals surface area (Å²) in [6.45, 7) is 1.68. The van der Waals surface area contributed by atoms with E-state index in [1.165, 1.54) is 30.0 Å². The van der Waals surface area contributed by atoms with Crippen LogP contribution in [0.3, 0.4) is 0 Å². The van der Waals surface area contributed by atoms with Crippen molar-refractivity contribution < 1.29 is 14.3 Å². The fraction of sp³-hybridized carbons (Fsp3) is 0.286. The molecule has 0 aromatic heterocycles. The Morgan fingerprint density at radius 1 is 1.43 bits per heavy atom. The second-order valence-corrected chi connectivity index (χ2v) is 5.79. The van der Waals surface area contributed by atoms with Crippen molar-refractivity contribution in [3.63, 3.8) is 0 Å². The SMILES string of the molecule is O=C1N=C(N2CCCCN2)SC1=Cc1ccc(F)cc1O. The van der Waals surface area contributed by atoms with Crippen LogP contribution in [0.5, 0.6) is 5.75 Å². The molecule has 2 aliphatic heterocycles. The minimum atomic E-state index is -0.519. The van der Waals surface area contributed by atoms with Gasteiger partial charge in [-0.2, -0.15) is 4.99 Å². The first-order chi connectivity index (χ1) is 10.1. The van der Waals surface area contributed by atoms with Gasteiger partial charge in [-0.05, 0) is 42.8 Å². The Labute approximate surface area is 125 Å². The first kappa shape index (κ1) is 14.1. The van der Waals surface area contributed by atoms with Gasteiger partial charge >= 0.3 is 0 Å². The van der Waals surface area contributed by atoms with Crippen LogP contribution in [0.4, 0.5) is 4.39 Å². The summed E-state index contributed by atoms with van der Waals surface area (Å²) in [4.78, 5) is 16.4. The van der Waals surface area contributed by atoms with E-state index in [1.807, 2.05) is 5.01 Å². The number of carbonyl (C=O) groups excluding carboxylic acids is 1. The van der Waals surface area contributed by atoms with Gasteiger partial charge in [0.05, 0.1) is 4.91 Å². The number of phenols is 1. The van der Waals surface area contributed by atoms with Crippen LogP contribution in [0.1, 0.15) is 18.4 Å². The molecule has 2 aliphatic rings. The monoisotopic (exact) mass is 307 g/mol. The van der Waals surface area contributed by atoms with Crippen molar-refractivity contribution in [1.82, 2.24) is 10.4 Å². The number of carbonyl (C=O) groups is 1. The number of nitrogens with one attached hydrogen (secondary N) is 1. The number of rotatable bonds is 1. The van der Waals surface area contributed by atoms with Crippen LogP contribution in [0.25, 0.3) is 6.08 Å². The maximum atomic E-state index is 13.0. The van der Waals surface area contributed by atoms with Gasteiger partial charge in [-0.3, -0.25) is 9.80 Å². The van der Waals surface area contributed by atoms with Crippen molar-refractivity contribution in [3.8, 4) is 5.75 Å². The maximum Gasteiger partial charge on any atom is 0.286 e. The van der Waals surface area contributed by atoms with Gasteiger partial charge in [-0.25, -0.2) is 9.82 Å².